The molecule has 0 amide bonds. The van der Waals surface area contributed by atoms with Gasteiger partial charge in [0.25, 0.3) is 0 Å². The van der Waals surface area contributed by atoms with Crippen LogP contribution in [0.5, 0.6) is 5.75 Å². The molecule has 0 atom stereocenters. The number of halogens is 1. The quantitative estimate of drug-likeness (QED) is 0.428. The number of carbonyl (C=O) groups is 1. The molecule has 0 radical (unpaired) electrons. The van der Waals surface area contributed by atoms with Crippen LogP contribution in [-0.4, -0.2) is 22.7 Å². The van der Waals surface area contributed by atoms with Gasteiger partial charge in [0.05, 0.1) is 16.6 Å². The molecule has 0 aliphatic carbocycles. The molecule has 1 heterocycles. The summed E-state index contributed by atoms with van der Waals surface area (Å²) >= 11 is 4.99. The third-order valence-electron chi connectivity index (χ3n) is 3.94. The Kier molecular flexibility index (Phi) is 5.39. The smallest absolute Gasteiger partial charge is 0.340 e. The van der Waals surface area contributed by atoms with Gasteiger partial charge in [-0.25, -0.2) is 4.79 Å². The molecule has 130 valence electrons. The lowest BCUT2D eigenvalue weighted by molar-refractivity contribution is 0.0528. The maximum atomic E-state index is 12.6. The van der Waals surface area contributed by atoms with Gasteiger partial charge in [-0.2, -0.15) is 0 Å². The van der Waals surface area contributed by atoms with Gasteiger partial charge in [-0.15, -0.1) is 11.8 Å². The summed E-state index contributed by atoms with van der Waals surface area (Å²) in [4.78, 5) is 17.0. The van der Waals surface area contributed by atoms with E-state index in [1.807, 2.05) is 30.3 Å². The fourth-order valence-electron chi connectivity index (χ4n) is 2.77. The molecule has 2 aromatic carbocycles. The Morgan fingerprint density at radius 1 is 1.32 bits per heavy atom. The van der Waals surface area contributed by atoms with Crippen molar-refractivity contribution in [2.45, 2.75) is 24.5 Å². The first kappa shape index (κ1) is 17.9. The molecule has 0 saturated carbocycles. The summed E-state index contributed by atoms with van der Waals surface area (Å²) < 4.78 is 5.84. The number of rotatable bonds is 5. The number of hydrogen-bond acceptors (Lipinski definition) is 4. The largest absolute Gasteiger partial charge is 0.506 e. The summed E-state index contributed by atoms with van der Waals surface area (Å²) in [6.07, 6.45) is 0. The summed E-state index contributed by atoms with van der Waals surface area (Å²) in [5, 5.41) is 11.0. The molecule has 0 fully saturated rings. The Morgan fingerprint density at radius 2 is 2.04 bits per heavy atom. The minimum atomic E-state index is -0.373. The van der Waals surface area contributed by atoms with Crippen molar-refractivity contribution in [1.29, 1.82) is 0 Å². The molecule has 0 spiro atoms. The normalized spacial score (nSPS) is 11.0. The van der Waals surface area contributed by atoms with E-state index in [0.717, 1.165) is 16.1 Å². The van der Waals surface area contributed by atoms with Crippen LogP contribution in [0.1, 0.15) is 28.5 Å². The number of ether oxygens (including phenoxy) is 1. The van der Waals surface area contributed by atoms with E-state index in [0.29, 0.717) is 33.3 Å². The van der Waals surface area contributed by atoms with E-state index < -0.39 is 0 Å². The highest BCUT2D eigenvalue weighted by atomic mass is 79.9. The number of benzene rings is 2. The van der Waals surface area contributed by atoms with Crippen LogP contribution in [0.3, 0.4) is 0 Å². The zero-order valence-corrected chi connectivity index (χ0v) is 16.3. The number of nitrogens with one attached hydrogen (secondary N) is 1. The summed E-state index contributed by atoms with van der Waals surface area (Å²) in [7, 11) is 0. The van der Waals surface area contributed by atoms with Crippen molar-refractivity contribution >= 4 is 44.6 Å². The predicted molar refractivity (Wildman–Crippen MR) is 104 cm³/mol. The number of carbonyl (C=O) groups excluding carboxylic acids is 1. The molecule has 0 aliphatic heterocycles. The Morgan fingerprint density at radius 3 is 2.72 bits per heavy atom. The van der Waals surface area contributed by atoms with Crippen LogP contribution in [0.2, 0.25) is 0 Å². The molecule has 3 rings (SSSR count). The van der Waals surface area contributed by atoms with Crippen molar-refractivity contribution in [3.05, 3.63) is 57.7 Å². The Hall–Kier alpha value is -1.92. The number of phenolic OH excluding ortho intramolecular Hbond substituents is 1. The van der Waals surface area contributed by atoms with Crippen molar-refractivity contribution < 1.29 is 14.6 Å². The van der Waals surface area contributed by atoms with Crippen LogP contribution in [0.4, 0.5) is 0 Å². The second-order valence-electron chi connectivity index (χ2n) is 5.56. The zero-order chi connectivity index (χ0) is 18.0. The summed E-state index contributed by atoms with van der Waals surface area (Å²) in [5.74, 6) is 0.367. The minimum Gasteiger partial charge on any atom is -0.506 e. The lowest BCUT2D eigenvalue weighted by Crippen LogP contribution is -2.07. The highest BCUT2D eigenvalue weighted by Crippen LogP contribution is 2.38. The van der Waals surface area contributed by atoms with E-state index in [2.05, 4.69) is 20.9 Å². The molecule has 0 saturated heterocycles. The molecule has 0 unspecified atom stereocenters. The van der Waals surface area contributed by atoms with Crippen molar-refractivity contribution in [2.24, 2.45) is 0 Å². The molecule has 1 aromatic heterocycles. The van der Waals surface area contributed by atoms with Crippen LogP contribution in [-0.2, 0) is 10.5 Å². The van der Waals surface area contributed by atoms with Crippen molar-refractivity contribution in [1.82, 2.24) is 4.98 Å². The van der Waals surface area contributed by atoms with Gasteiger partial charge in [0.15, 0.2) is 0 Å². The van der Waals surface area contributed by atoms with Crippen molar-refractivity contribution in [3.8, 4) is 5.75 Å². The Bertz CT molecular complexity index is 922. The van der Waals surface area contributed by atoms with Crippen molar-refractivity contribution in [3.63, 3.8) is 0 Å². The topological polar surface area (TPSA) is 62.3 Å². The minimum absolute atomic E-state index is 0.138. The van der Waals surface area contributed by atoms with Gasteiger partial charge in [0.1, 0.15) is 5.75 Å². The first-order valence-electron chi connectivity index (χ1n) is 7.90. The highest BCUT2D eigenvalue weighted by molar-refractivity contribution is 9.10. The summed E-state index contributed by atoms with van der Waals surface area (Å²) in [6, 6.07) is 11.8. The molecule has 4 nitrogen and oxygen atoms in total. The summed E-state index contributed by atoms with van der Waals surface area (Å²) in [6.45, 7) is 3.89. The number of aromatic nitrogens is 1. The molecular weight excluding hydrogens is 402 g/mol. The second kappa shape index (κ2) is 7.54. The molecule has 25 heavy (non-hydrogen) atoms. The van der Waals surface area contributed by atoms with E-state index in [1.54, 1.807) is 31.7 Å². The Labute approximate surface area is 158 Å². The number of H-pyrrole nitrogens is 1. The number of aromatic hydroxyl groups is 1. The third-order valence-corrected chi connectivity index (χ3v) is 5.58. The van der Waals surface area contributed by atoms with E-state index in [4.69, 9.17) is 4.74 Å². The molecule has 2 N–H and O–H groups in total. The van der Waals surface area contributed by atoms with Crippen LogP contribution in [0, 0.1) is 6.92 Å². The SMILES string of the molecule is CCOC(=O)c1c(CSc2ccccc2)[nH]c2cc(Br)c(O)c(C)c12. The maximum Gasteiger partial charge on any atom is 0.340 e. The van der Waals surface area contributed by atoms with Gasteiger partial charge in [-0.1, -0.05) is 18.2 Å². The number of hydrogen-bond donors (Lipinski definition) is 2. The zero-order valence-electron chi connectivity index (χ0n) is 13.9. The number of phenols is 1. The van der Waals surface area contributed by atoms with Gasteiger partial charge < -0.3 is 14.8 Å². The number of thioether (sulfide) groups is 1. The molecule has 0 bridgehead atoms. The summed E-state index contributed by atoms with van der Waals surface area (Å²) in [5.41, 5.74) is 2.75. The third kappa shape index (κ3) is 3.55. The van der Waals surface area contributed by atoms with Crippen LogP contribution >= 0.6 is 27.7 Å². The van der Waals surface area contributed by atoms with Gasteiger partial charge in [-0.05, 0) is 48.0 Å². The molecule has 3 aromatic rings. The standard InChI is InChI=1S/C19H18BrNO3S/c1-3-24-19(23)17-15(10-25-12-7-5-4-6-8-12)21-14-9-13(20)18(22)11(2)16(14)17/h4-9,21-22H,3,10H2,1-2H3. The molecule has 0 aliphatic rings. The Balaban J connectivity index is 2.08. The average Bonchev–Trinajstić information content (AvgIpc) is 2.97. The fourth-order valence-corrected chi connectivity index (χ4v) is 4.18. The number of fused-ring (bicyclic) bond motifs is 1. The molecule has 6 heteroatoms. The maximum absolute atomic E-state index is 12.6. The van der Waals surface area contributed by atoms with E-state index in [-0.39, 0.29) is 11.7 Å². The average molecular weight is 420 g/mol. The predicted octanol–water partition coefficient (Wildman–Crippen LogP) is 5.41. The van der Waals surface area contributed by atoms with Crippen LogP contribution < -0.4 is 0 Å². The lowest BCUT2D eigenvalue weighted by Gasteiger charge is -2.07. The number of esters is 1. The van der Waals surface area contributed by atoms with Gasteiger partial charge >= 0.3 is 5.97 Å². The van der Waals surface area contributed by atoms with Gasteiger partial charge in [-0.3, -0.25) is 0 Å². The first-order chi connectivity index (χ1) is 12.0. The first-order valence-corrected chi connectivity index (χ1v) is 9.68. The van der Waals surface area contributed by atoms with Gasteiger partial charge in [0, 0.05) is 32.8 Å². The number of aromatic amines is 1. The van der Waals surface area contributed by atoms with E-state index in [1.165, 1.54) is 0 Å². The van der Waals surface area contributed by atoms with E-state index in [9.17, 15) is 9.90 Å². The fraction of sp³-hybridized carbons (Fsp3) is 0.211. The number of aryl methyl sites for hydroxylation is 1. The van der Waals surface area contributed by atoms with E-state index >= 15 is 0 Å². The monoisotopic (exact) mass is 419 g/mol. The van der Waals surface area contributed by atoms with Gasteiger partial charge in [0.2, 0.25) is 0 Å². The van der Waals surface area contributed by atoms with Crippen LogP contribution in [0.25, 0.3) is 10.9 Å². The van der Waals surface area contributed by atoms with Crippen LogP contribution in [0.15, 0.2) is 45.8 Å². The lowest BCUT2D eigenvalue weighted by atomic mass is 10.1. The second-order valence-corrected chi connectivity index (χ2v) is 7.46. The highest BCUT2D eigenvalue weighted by Gasteiger charge is 2.23. The molecular formula is C19H18BrNO3S. The van der Waals surface area contributed by atoms with Crippen molar-refractivity contribution in [2.75, 3.05) is 6.61 Å².